The minimum absolute atomic E-state index is 0.478. The Bertz CT molecular complexity index is 415. The first kappa shape index (κ1) is 11.2. The molecule has 3 atom stereocenters. The number of rotatable bonds is 3. The minimum Gasteiger partial charge on any atom is -0.373 e. The van der Waals surface area contributed by atoms with Crippen LogP contribution in [0.25, 0.3) is 0 Å². The molecule has 0 aromatic heterocycles. The van der Waals surface area contributed by atoms with Gasteiger partial charge in [-0.05, 0) is 49.8 Å². The molecular formula is C15H21NO. The lowest BCUT2D eigenvalue weighted by Gasteiger charge is -2.20. The lowest BCUT2D eigenvalue weighted by atomic mass is 9.95. The second-order valence-corrected chi connectivity index (χ2v) is 5.52. The van der Waals surface area contributed by atoms with Crippen molar-refractivity contribution in [3.63, 3.8) is 0 Å². The van der Waals surface area contributed by atoms with E-state index in [2.05, 4.69) is 37.4 Å². The van der Waals surface area contributed by atoms with Crippen molar-refractivity contribution in [1.82, 2.24) is 5.32 Å². The molecular weight excluding hydrogens is 210 g/mol. The second kappa shape index (κ2) is 4.43. The van der Waals surface area contributed by atoms with Crippen LogP contribution in [0.15, 0.2) is 18.2 Å². The third-order valence-corrected chi connectivity index (χ3v) is 4.25. The molecule has 0 aliphatic carbocycles. The molecule has 3 unspecified atom stereocenters. The number of benzene rings is 1. The van der Waals surface area contributed by atoms with Gasteiger partial charge in [0.05, 0.1) is 12.2 Å². The van der Waals surface area contributed by atoms with Gasteiger partial charge in [-0.3, -0.25) is 0 Å². The third-order valence-electron chi connectivity index (χ3n) is 4.25. The Labute approximate surface area is 103 Å². The van der Waals surface area contributed by atoms with E-state index in [1.54, 1.807) is 0 Å². The Morgan fingerprint density at radius 1 is 1.24 bits per heavy atom. The zero-order valence-corrected chi connectivity index (χ0v) is 10.7. The van der Waals surface area contributed by atoms with Gasteiger partial charge in [0.25, 0.3) is 0 Å². The topological polar surface area (TPSA) is 21.3 Å². The molecule has 2 fully saturated rings. The largest absolute Gasteiger partial charge is 0.373 e. The average Bonchev–Trinajstić information content (AvgIpc) is 2.92. The van der Waals surface area contributed by atoms with E-state index in [-0.39, 0.29) is 0 Å². The van der Waals surface area contributed by atoms with Gasteiger partial charge in [0.15, 0.2) is 0 Å². The van der Waals surface area contributed by atoms with Crippen LogP contribution in [-0.2, 0) is 11.3 Å². The summed E-state index contributed by atoms with van der Waals surface area (Å²) in [6, 6.07) is 7.30. The van der Waals surface area contributed by atoms with Gasteiger partial charge in [-0.1, -0.05) is 18.2 Å². The molecule has 2 nitrogen and oxygen atoms in total. The van der Waals surface area contributed by atoms with Gasteiger partial charge in [-0.2, -0.15) is 0 Å². The summed E-state index contributed by atoms with van der Waals surface area (Å²) in [5.74, 6) is 0. The summed E-state index contributed by atoms with van der Waals surface area (Å²) in [4.78, 5) is 0. The van der Waals surface area contributed by atoms with E-state index in [1.807, 2.05) is 0 Å². The molecule has 0 saturated carbocycles. The van der Waals surface area contributed by atoms with Gasteiger partial charge in [0, 0.05) is 12.6 Å². The van der Waals surface area contributed by atoms with E-state index in [1.165, 1.54) is 36.0 Å². The fraction of sp³-hybridized carbons (Fsp3) is 0.600. The summed E-state index contributed by atoms with van der Waals surface area (Å²) in [6.45, 7) is 5.31. The standard InChI is InChI=1S/C15H21NO/c1-10-3-4-12(7-11(10)2)9-16-14-8-13-5-6-15(14)17-13/h3-4,7,13-16H,5-6,8-9H2,1-2H3. The first-order valence-electron chi connectivity index (χ1n) is 6.67. The molecule has 2 aliphatic heterocycles. The molecule has 1 aromatic carbocycles. The Hall–Kier alpha value is -0.860. The SMILES string of the molecule is Cc1ccc(CNC2CC3CCC2O3)cc1C. The van der Waals surface area contributed by atoms with Crippen LogP contribution in [0.4, 0.5) is 0 Å². The number of hydrogen-bond acceptors (Lipinski definition) is 2. The van der Waals surface area contributed by atoms with Crippen LogP contribution in [0.3, 0.4) is 0 Å². The molecule has 1 aromatic rings. The van der Waals surface area contributed by atoms with E-state index >= 15 is 0 Å². The van der Waals surface area contributed by atoms with Crippen molar-refractivity contribution in [1.29, 1.82) is 0 Å². The smallest absolute Gasteiger partial charge is 0.0733 e. The Morgan fingerprint density at radius 3 is 2.76 bits per heavy atom. The van der Waals surface area contributed by atoms with Gasteiger partial charge in [0.2, 0.25) is 0 Å². The molecule has 3 rings (SSSR count). The molecule has 0 radical (unpaired) electrons. The average molecular weight is 231 g/mol. The van der Waals surface area contributed by atoms with Crippen LogP contribution < -0.4 is 5.32 Å². The van der Waals surface area contributed by atoms with Gasteiger partial charge >= 0.3 is 0 Å². The van der Waals surface area contributed by atoms with Crippen molar-refractivity contribution >= 4 is 0 Å². The van der Waals surface area contributed by atoms with E-state index in [4.69, 9.17) is 4.74 Å². The molecule has 2 heterocycles. The predicted molar refractivity (Wildman–Crippen MR) is 69.1 cm³/mol. The summed E-state index contributed by atoms with van der Waals surface area (Å²) in [6.07, 6.45) is 4.74. The monoisotopic (exact) mass is 231 g/mol. The van der Waals surface area contributed by atoms with Crippen molar-refractivity contribution in [3.8, 4) is 0 Å². The van der Waals surface area contributed by atoms with Crippen LogP contribution in [0.5, 0.6) is 0 Å². The van der Waals surface area contributed by atoms with Crippen molar-refractivity contribution in [3.05, 3.63) is 34.9 Å². The molecule has 0 spiro atoms. The highest BCUT2D eigenvalue weighted by molar-refractivity contribution is 5.29. The summed E-state index contributed by atoms with van der Waals surface area (Å²) < 4.78 is 5.85. The zero-order chi connectivity index (χ0) is 11.8. The molecule has 2 heteroatoms. The molecule has 1 N–H and O–H groups in total. The number of ether oxygens (including phenoxy) is 1. The van der Waals surface area contributed by atoms with Crippen molar-refractivity contribution < 1.29 is 4.74 Å². The first-order chi connectivity index (χ1) is 8.22. The van der Waals surface area contributed by atoms with Crippen LogP contribution >= 0.6 is 0 Å². The van der Waals surface area contributed by atoms with Crippen molar-refractivity contribution in [2.24, 2.45) is 0 Å². The minimum atomic E-state index is 0.478. The van der Waals surface area contributed by atoms with Gasteiger partial charge in [-0.25, -0.2) is 0 Å². The maximum atomic E-state index is 5.85. The summed E-state index contributed by atoms with van der Waals surface area (Å²) in [5, 5.41) is 3.65. The lowest BCUT2D eigenvalue weighted by Crippen LogP contribution is -2.36. The highest BCUT2D eigenvalue weighted by atomic mass is 16.5. The van der Waals surface area contributed by atoms with Gasteiger partial charge < -0.3 is 10.1 Å². The number of hydrogen-bond donors (Lipinski definition) is 1. The highest BCUT2D eigenvalue weighted by Gasteiger charge is 2.40. The van der Waals surface area contributed by atoms with Crippen LogP contribution in [-0.4, -0.2) is 18.2 Å². The molecule has 92 valence electrons. The van der Waals surface area contributed by atoms with Crippen LogP contribution in [0, 0.1) is 13.8 Å². The molecule has 17 heavy (non-hydrogen) atoms. The Balaban J connectivity index is 1.59. The van der Waals surface area contributed by atoms with E-state index in [0.29, 0.717) is 18.2 Å². The Kier molecular flexibility index (Phi) is 2.93. The van der Waals surface area contributed by atoms with E-state index in [0.717, 1.165) is 6.54 Å². The predicted octanol–water partition coefficient (Wildman–Crippen LogP) is 2.71. The van der Waals surface area contributed by atoms with Crippen molar-refractivity contribution in [2.75, 3.05) is 0 Å². The molecule has 2 aliphatic rings. The van der Waals surface area contributed by atoms with Crippen molar-refractivity contribution in [2.45, 2.75) is 57.9 Å². The summed E-state index contributed by atoms with van der Waals surface area (Å²) in [5.41, 5.74) is 4.14. The van der Waals surface area contributed by atoms with E-state index < -0.39 is 0 Å². The summed E-state index contributed by atoms with van der Waals surface area (Å²) in [7, 11) is 0. The van der Waals surface area contributed by atoms with Gasteiger partial charge in [-0.15, -0.1) is 0 Å². The number of fused-ring (bicyclic) bond motifs is 2. The number of aryl methyl sites for hydroxylation is 2. The normalized spacial score (nSPS) is 31.1. The van der Waals surface area contributed by atoms with Gasteiger partial charge in [0.1, 0.15) is 0 Å². The van der Waals surface area contributed by atoms with E-state index in [9.17, 15) is 0 Å². The maximum Gasteiger partial charge on any atom is 0.0733 e. The fourth-order valence-electron chi connectivity index (χ4n) is 3.02. The highest BCUT2D eigenvalue weighted by Crippen LogP contribution is 2.34. The third kappa shape index (κ3) is 2.24. The first-order valence-corrected chi connectivity index (χ1v) is 6.67. The Morgan fingerprint density at radius 2 is 2.12 bits per heavy atom. The molecule has 2 bridgehead atoms. The quantitative estimate of drug-likeness (QED) is 0.863. The fourth-order valence-corrected chi connectivity index (χ4v) is 3.02. The summed E-state index contributed by atoms with van der Waals surface area (Å²) >= 11 is 0. The number of nitrogens with one attached hydrogen (secondary N) is 1. The molecule has 0 amide bonds. The zero-order valence-electron chi connectivity index (χ0n) is 10.7. The molecule has 2 saturated heterocycles. The maximum absolute atomic E-state index is 5.85. The van der Waals surface area contributed by atoms with Crippen LogP contribution in [0.1, 0.15) is 36.0 Å². The van der Waals surface area contributed by atoms with Crippen LogP contribution in [0.2, 0.25) is 0 Å². The lowest BCUT2D eigenvalue weighted by molar-refractivity contribution is 0.0973. The second-order valence-electron chi connectivity index (χ2n) is 5.52.